The van der Waals surface area contributed by atoms with Crippen molar-refractivity contribution in [1.82, 2.24) is 5.32 Å². The summed E-state index contributed by atoms with van der Waals surface area (Å²) in [5.74, 6) is -0.402. The standard InChI is InChI=1S/C13H15F3N2O.ClH/c1-8-2-3-10(13(14,15)16)6-11(8)18-12(19)9-4-5-17-7-9;/h2-3,6,9,17H,4-5,7H2,1H3,(H,18,19);1H. The van der Waals surface area contributed by atoms with Crippen LogP contribution in [0.5, 0.6) is 0 Å². The molecule has 0 aliphatic carbocycles. The number of hydrogen-bond acceptors (Lipinski definition) is 2. The van der Waals surface area contributed by atoms with Crippen molar-refractivity contribution >= 4 is 24.0 Å². The Kier molecular flexibility index (Phi) is 5.42. The van der Waals surface area contributed by atoms with E-state index in [0.29, 0.717) is 18.5 Å². The lowest BCUT2D eigenvalue weighted by Crippen LogP contribution is -2.25. The lowest BCUT2D eigenvalue weighted by Gasteiger charge is -2.14. The Balaban J connectivity index is 0.00000200. The van der Waals surface area contributed by atoms with Gasteiger partial charge in [0.25, 0.3) is 0 Å². The zero-order valence-corrected chi connectivity index (χ0v) is 11.7. The predicted molar refractivity (Wildman–Crippen MR) is 73.0 cm³/mol. The molecule has 1 unspecified atom stereocenters. The molecule has 1 aliphatic heterocycles. The van der Waals surface area contributed by atoms with Gasteiger partial charge in [0, 0.05) is 12.2 Å². The van der Waals surface area contributed by atoms with E-state index < -0.39 is 11.7 Å². The van der Waals surface area contributed by atoms with E-state index in [0.717, 1.165) is 18.7 Å². The lowest BCUT2D eigenvalue weighted by atomic mass is 10.1. The highest BCUT2D eigenvalue weighted by Crippen LogP contribution is 2.32. The Morgan fingerprint density at radius 2 is 2.10 bits per heavy atom. The number of anilines is 1. The Labute approximate surface area is 121 Å². The summed E-state index contributed by atoms with van der Waals surface area (Å²) in [6, 6.07) is 3.36. The van der Waals surface area contributed by atoms with Gasteiger partial charge in [-0.1, -0.05) is 6.07 Å². The molecule has 0 bridgehead atoms. The molecule has 1 aliphatic rings. The van der Waals surface area contributed by atoms with Gasteiger partial charge in [0.2, 0.25) is 5.91 Å². The first-order valence-corrected chi connectivity index (χ1v) is 6.07. The highest BCUT2D eigenvalue weighted by atomic mass is 35.5. The maximum atomic E-state index is 12.6. The average molecular weight is 309 g/mol. The van der Waals surface area contributed by atoms with Gasteiger partial charge in [-0.3, -0.25) is 4.79 Å². The fraction of sp³-hybridized carbons (Fsp3) is 0.462. The Hall–Kier alpha value is -1.27. The quantitative estimate of drug-likeness (QED) is 0.882. The molecular weight excluding hydrogens is 293 g/mol. The minimum absolute atomic E-state index is 0. The molecule has 2 rings (SSSR count). The van der Waals surface area contributed by atoms with Crippen LogP contribution >= 0.6 is 12.4 Å². The number of alkyl halides is 3. The molecule has 112 valence electrons. The normalized spacial score (nSPS) is 18.5. The summed E-state index contributed by atoms with van der Waals surface area (Å²) in [6.07, 6.45) is -3.69. The third-order valence-corrected chi connectivity index (χ3v) is 3.25. The fourth-order valence-corrected chi connectivity index (χ4v) is 2.05. The Bertz CT molecular complexity index is 485. The van der Waals surface area contributed by atoms with Gasteiger partial charge in [0.05, 0.1) is 11.5 Å². The van der Waals surface area contributed by atoms with Crippen LogP contribution in [0.3, 0.4) is 0 Å². The third kappa shape index (κ3) is 3.86. The molecule has 1 saturated heterocycles. The van der Waals surface area contributed by atoms with Gasteiger partial charge < -0.3 is 10.6 Å². The number of nitrogens with one attached hydrogen (secondary N) is 2. The Morgan fingerprint density at radius 1 is 1.40 bits per heavy atom. The Morgan fingerprint density at radius 3 is 2.65 bits per heavy atom. The second kappa shape index (κ2) is 6.45. The molecule has 0 aromatic heterocycles. The van der Waals surface area contributed by atoms with Crippen molar-refractivity contribution in [3.05, 3.63) is 29.3 Å². The second-order valence-corrected chi connectivity index (χ2v) is 4.71. The van der Waals surface area contributed by atoms with Crippen LogP contribution < -0.4 is 10.6 Å². The summed E-state index contributed by atoms with van der Waals surface area (Å²) in [5.41, 5.74) is 0.0944. The maximum absolute atomic E-state index is 12.6. The van der Waals surface area contributed by atoms with Gasteiger partial charge in [0.15, 0.2) is 0 Å². The topological polar surface area (TPSA) is 41.1 Å². The van der Waals surface area contributed by atoms with Gasteiger partial charge in [-0.25, -0.2) is 0 Å². The van der Waals surface area contributed by atoms with E-state index >= 15 is 0 Å². The van der Waals surface area contributed by atoms with Crippen LogP contribution in [0.4, 0.5) is 18.9 Å². The van der Waals surface area contributed by atoms with Crippen LogP contribution in [0.1, 0.15) is 17.5 Å². The van der Waals surface area contributed by atoms with E-state index in [1.165, 1.54) is 6.07 Å². The largest absolute Gasteiger partial charge is 0.416 e. The molecule has 0 radical (unpaired) electrons. The van der Waals surface area contributed by atoms with Crippen molar-refractivity contribution in [1.29, 1.82) is 0 Å². The van der Waals surface area contributed by atoms with Crippen molar-refractivity contribution in [2.75, 3.05) is 18.4 Å². The van der Waals surface area contributed by atoms with E-state index in [9.17, 15) is 18.0 Å². The van der Waals surface area contributed by atoms with Crippen LogP contribution in [-0.2, 0) is 11.0 Å². The van der Waals surface area contributed by atoms with Crippen molar-refractivity contribution in [3.8, 4) is 0 Å². The molecule has 0 saturated carbocycles. The van der Waals surface area contributed by atoms with Crippen LogP contribution in [-0.4, -0.2) is 19.0 Å². The molecule has 2 N–H and O–H groups in total. The summed E-state index contributed by atoms with van der Waals surface area (Å²) in [7, 11) is 0. The van der Waals surface area contributed by atoms with Crippen molar-refractivity contribution in [3.63, 3.8) is 0 Å². The van der Waals surface area contributed by atoms with Crippen molar-refractivity contribution in [2.24, 2.45) is 5.92 Å². The summed E-state index contributed by atoms with van der Waals surface area (Å²) < 4.78 is 37.8. The van der Waals surface area contributed by atoms with Crippen LogP contribution in [0.2, 0.25) is 0 Å². The van der Waals surface area contributed by atoms with E-state index in [4.69, 9.17) is 0 Å². The van der Waals surface area contributed by atoms with Crippen LogP contribution in [0.25, 0.3) is 0 Å². The SMILES string of the molecule is Cc1ccc(C(F)(F)F)cc1NC(=O)C1CCNC1.Cl. The first kappa shape index (κ1) is 16.8. The summed E-state index contributed by atoms with van der Waals surface area (Å²) in [6.45, 7) is 3.01. The highest BCUT2D eigenvalue weighted by molar-refractivity contribution is 5.93. The fourth-order valence-electron chi connectivity index (χ4n) is 2.05. The zero-order chi connectivity index (χ0) is 14.0. The van der Waals surface area contributed by atoms with Gasteiger partial charge in [0.1, 0.15) is 0 Å². The molecule has 1 amide bonds. The van der Waals surface area contributed by atoms with Crippen LogP contribution in [0, 0.1) is 12.8 Å². The first-order valence-electron chi connectivity index (χ1n) is 6.07. The minimum Gasteiger partial charge on any atom is -0.326 e. The molecule has 0 spiro atoms. The number of aryl methyl sites for hydroxylation is 1. The monoisotopic (exact) mass is 308 g/mol. The molecule has 20 heavy (non-hydrogen) atoms. The molecule has 1 heterocycles. The van der Waals surface area contributed by atoms with E-state index in [-0.39, 0.29) is 29.9 Å². The number of rotatable bonds is 2. The van der Waals surface area contributed by atoms with Gasteiger partial charge in [-0.2, -0.15) is 13.2 Å². The third-order valence-electron chi connectivity index (χ3n) is 3.25. The van der Waals surface area contributed by atoms with Gasteiger partial charge in [-0.05, 0) is 37.6 Å². The molecular formula is C13H16ClF3N2O. The number of benzene rings is 1. The number of halogens is 4. The zero-order valence-electron chi connectivity index (χ0n) is 10.9. The average Bonchev–Trinajstić information content (AvgIpc) is 2.84. The summed E-state index contributed by atoms with van der Waals surface area (Å²) in [5, 5.41) is 5.63. The number of carbonyl (C=O) groups excluding carboxylic acids is 1. The van der Waals surface area contributed by atoms with Crippen LogP contribution in [0.15, 0.2) is 18.2 Å². The van der Waals surface area contributed by atoms with Gasteiger partial charge >= 0.3 is 6.18 Å². The van der Waals surface area contributed by atoms with Gasteiger partial charge in [-0.15, -0.1) is 12.4 Å². The van der Waals surface area contributed by atoms with Crippen molar-refractivity contribution < 1.29 is 18.0 Å². The number of hydrogen-bond donors (Lipinski definition) is 2. The summed E-state index contributed by atoms with van der Waals surface area (Å²) >= 11 is 0. The smallest absolute Gasteiger partial charge is 0.326 e. The molecule has 1 aromatic carbocycles. The molecule has 1 atom stereocenters. The summed E-state index contributed by atoms with van der Waals surface area (Å²) in [4.78, 5) is 11.9. The highest BCUT2D eigenvalue weighted by Gasteiger charge is 2.31. The lowest BCUT2D eigenvalue weighted by molar-refractivity contribution is -0.137. The minimum atomic E-state index is -4.40. The molecule has 1 aromatic rings. The maximum Gasteiger partial charge on any atom is 0.416 e. The molecule has 3 nitrogen and oxygen atoms in total. The molecule has 7 heteroatoms. The van der Waals surface area contributed by atoms with E-state index in [2.05, 4.69) is 10.6 Å². The van der Waals surface area contributed by atoms with E-state index in [1.54, 1.807) is 6.92 Å². The molecule has 1 fully saturated rings. The first-order chi connectivity index (χ1) is 8.88. The number of amides is 1. The predicted octanol–water partition coefficient (Wildman–Crippen LogP) is 2.98. The second-order valence-electron chi connectivity index (χ2n) is 4.71. The van der Waals surface area contributed by atoms with E-state index in [1.807, 2.05) is 0 Å². The van der Waals surface area contributed by atoms with Crippen molar-refractivity contribution in [2.45, 2.75) is 19.5 Å². The number of carbonyl (C=O) groups is 1.